The summed E-state index contributed by atoms with van der Waals surface area (Å²) < 4.78 is 85.6. The van der Waals surface area contributed by atoms with E-state index in [0.717, 1.165) is 38.4 Å². The zero-order valence-corrected chi connectivity index (χ0v) is 37.1. The lowest BCUT2D eigenvalue weighted by atomic mass is 10.1. The third-order valence-electron chi connectivity index (χ3n) is 9.04. The van der Waals surface area contributed by atoms with Crippen molar-refractivity contribution in [2.45, 2.75) is 65.7 Å². The number of hydrogen-bond donors (Lipinski definition) is 3. The number of aromatic nitrogens is 4. The average molecular weight is 922 g/mol. The number of nitrogens with zero attached hydrogens (tertiary/aromatic N) is 4. The van der Waals surface area contributed by atoms with Crippen molar-refractivity contribution < 1.29 is 45.8 Å². The van der Waals surface area contributed by atoms with Crippen LogP contribution in [0, 0.1) is 27.7 Å². The molecule has 6 aromatic rings. The summed E-state index contributed by atoms with van der Waals surface area (Å²) in [5.41, 5.74) is 5.29. The van der Waals surface area contributed by atoms with Gasteiger partial charge in [-0.05, 0) is 62.1 Å². The molecule has 18 heteroatoms. The monoisotopic (exact) mass is 920 g/mol. The van der Waals surface area contributed by atoms with Crippen molar-refractivity contribution >= 4 is 46.4 Å². The van der Waals surface area contributed by atoms with Crippen LogP contribution in [0.15, 0.2) is 97.3 Å². The first kappa shape index (κ1) is 51.7. The Hall–Kier alpha value is -5.68. The van der Waals surface area contributed by atoms with Crippen LogP contribution >= 0.6 is 23.2 Å². The first-order valence-electron chi connectivity index (χ1n) is 19.0. The van der Waals surface area contributed by atoms with Gasteiger partial charge in [0.2, 0.25) is 0 Å². The predicted octanol–water partition coefficient (Wildman–Crippen LogP) is 11.1. The van der Waals surface area contributed by atoms with Crippen molar-refractivity contribution in [1.82, 2.24) is 19.6 Å². The number of alkyl halides is 8. The molecule has 0 spiro atoms. The topological polar surface area (TPSA) is 123 Å². The summed E-state index contributed by atoms with van der Waals surface area (Å²) in [7, 11) is 2.63. The Morgan fingerprint density at radius 2 is 1.03 bits per heavy atom. The molecular weight excluding hydrogens is 873 g/mol. The van der Waals surface area contributed by atoms with Gasteiger partial charge in [-0.1, -0.05) is 83.9 Å². The van der Waals surface area contributed by atoms with Crippen LogP contribution in [0.2, 0.25) is 0 Å². The number of aryl methyl sites for hydroxylation is 6. The van der Waals surface area contributed by atoms with Crippen LogP contribution in [-0.4, -0.2) is 42.9 Å². The van der Waals surface area contributed by atoms with Crippen LogP contribution in [0.5, 0.6) is 0 Å². The molecule has 2 aromatic heterocycles. The van der Waals surface area contributed by atoms with Crippen LogP contribution in [0.1, 0.15) is 76.6 Å². The SMILES string of the molecule is CCl.Cc1ccc(CCl)c(C)c1.Cc1ccc(COCc2ccccc2NC(=O)c2cn(C)nc2C(F)(F)F)c(C)c1.Cn1cc(C(=O)Nc2ccccc2CO)c(C(F)(F)F)n1. The molecule has 0 aliphatic heterocycles. The molecule has 6 rings (SSSR count). The predicted molar refractivity (Wildman–Crippen MR) is 233 cm³/mol. The lowest BCUT2D eigenvalue weighted by molar-refractivity contribution is -0.142. The third kappa shape index (κ3) is 15.3. The molecule has 0 atom stereocenters. The molecule has 0 saturated heterocycles. The van der Waals surface area contributed by atoms with Gasteiger partial charge in [-0.3, -0.25) is 19.0 Å². The molecule has 0 aliphatic carbocycles. The van der Waals surface area contributed by atoms with Gasteiger partial charge >= 0.3 is 12.4 Å². The number of benzene rings is 4. The third-order valence-corrected chi connectivity index (χ3v) is 9.33. The van der Waals surface area contributed by atoms with Gasteiger partial charge in [0, 0.05) is 61.3 Å². The zero-order chi connectivity index (χ0) is 47.1. The highest BCUT2D eigenvalue weighted by atomic mass is 35.5. The number of ether oxygens (including phenoxy) is 1. The minimum absolute atomic E-state index is 0.197. The second kappa shape index (κ2) is 23.7. The van der Waals surface area contributed by atoms with E-state index in [4.69, 9.17) is 21.4 Å². The summed E-state index contributed by atoms with van der Waals surface area (Å²) in [5, 5.41) is 20.7. The number of anilines is 2. The van der Waals surface area contributed by atoms with Gasteiger partial charge in [0.05, 0.1) is 30.9 Å². The Kier molecular flexibility index (Phi) is 19.4. The fraction of sp³-hybridized carbons (Fsp3) is 0.289. The molecule has 0 radical (unpaired) electrons. The number of aliphatic hydroxyl groups is 1. The van der Waals surface area contributed by atoms with Gasteiger partial charge < -0.3 is 20.5 Å². The van der Waals surface area contributed by atoms with Crippen molar-refractivity contribution in [2.24, 2.45) is 14.1 Å². The molecule has 63 heavy (non-hydrogen) atoms. The molecule has 2 amide bonds. The van der Waals surface area contributed by atoms with E-state index in [9.17, 15) is 35.9 Å². The Bertz CT molecular complexity index is 2450. The maximum Gasteiger partial charge on any atom is 0.435 e. The van der Waals surface area contributed by atoms with Crippen LogP contribution in [0.3, 0.4) is 0 Å². The minimum Gasteiger partial charge on any atom is -0.392 e. The summed E-state index contributed by atoms with van der Waals surface area (Å²) in [6.45, 7) is 8.44. The molecule has 10 nitrogen and oxygen atoms in total. The van der Waals surface area contributed by atoms with Crippen molar-refractivity contribution in [1.29, 1.82) is 0 Å². The Morgan fingerprint density at radius 3 is 1.44 bits per heavy atom. The lowest BCUT2D eigenvalue weighted by Crippen LogP contribution is -2.18. The van der Waals surface area contributed by atoms with E-state index in [1.807, 2.05) is 26.0 Å². The van der Waals surface area contributed by atoms with E-state index in [0.29, 0.717) is 29.3 Å². The van der Waals surface area contributed by atoms with E-state index in [-0.39, 0.29) is 18.9 Å². The summed E-state index contributed by atoms with van der Waals surface area (Å²) in [5.74, 6) is -1.19. The van der Waals surface area contributed by atoms with Gasteiger partial charge in [-0.15, -0.1) is 23.2 Å². The zero-order valence-electron chi connectivity index (χ0n) is 35.6. The van der Waals surface area contributed by atoms with Crippen LogP contribution < -0.4 is 10.6 Å². The lowest BCUT2D eigenvalue weighted by Gasteiger charge is -2.13. The molecule has 0 bridgehead atoms. The second-order valence-corrected chi connectivity index (χ2v) is 14.3. The maximum atomic E-state index is 13.1. The van der Waals surface area contributed by atoms with Crippen molar-refractivity contribution in [3.63, 3.8) is 0 Å². The number of rotatable bonds is 10. The summed E-state index contributed by atoms with van der Waals surface area (Å²) in [6.07, 6.45) is -5.91. The number of amides is 2. The van der Waals surface area contributed by atoms with Gasteiger partial charge in [0.1, 0.15) is 0 Å². The van der Waals surface area contributed by atoms with Crippen LogP contribution in [-0.2, 0) is 56.9 Å². The van der Waals surface area contributed by atoms with Gasteiger partial charge in [0.25, 0.3) is 11.8 Å². The van der Waals surface area contributed by atoms with E-state index in [2.05, 4.69) is 70.5 Å². The second-order valence-electron chi connectivity index (χ2n) is 14.0. The van der Waals surface area contributed by atoms with Crippen LogP contribution in [0.4, 0.5) is 37.7 Å². The highest BCUT2D eigenvalue weighted by Gasteiger charge is 2.40. The molecule has 0 aliphatic rings. The Labute approximate surface area is 371 Å². The smallest absolute Gasteiger partial charge is 0.392 e. The van der Waals surface area contributed by atoms with E-state index < -0.39 is 46.7 Å². The molecule has 0 saturated carbocycles. The number of aliphatic hydroxyl groups excluding tert-OH is 1. The van der Waals surface area contributed by atoms with E-state index in [1.54, 1.807) is 42.5 Å². The standard InChI is InChI=1S/C22H22F3N3O2.C13H12F3N3O2.C9H11Cl.CH3Cl/c1-14-8-9-16(15(2)10-14)12-30-13-17-6-4-5-7-19(17)26-21(29)18-11-28(3)27-20(18)22(23,24)25;1-19-6-9(11(18-19)13(14,15)16)12(21)17-10-5-3-2-4-8(10)7-20;1-7-3-4-9(6-10)8(2)5-7;1-2/h4-11H,12-13H2,1-3H3,(H,26,29);2-6,20H,7H2,1H3,(H,17,21);3-5H,6H2,1-2H3;1H3. The van der Waals surface area contributed by atoms with E-state index in [1.165, 1.54) is 43.2 Å². The number of nitrogens with one attached hydrogen (secondary N) is 2. The molecule has 3 N–H and O–H groups in total. The maximum absolute atomic E-state index is 13.1. The Balaban J connectivity index is 0.000000276. The quantitative estimate of drug-likeness (QED) is 0.0929. The normalized spacial score (nSPS) is 11.0. The summed E-state index contributed by atoms with van der Waals surface area (Å²) in [6, 6.07) is 25.5. The first-order valence-corrected chi connectivity index (χ1v) is 20.3. The fourth-order valence-corrected chi connectivity index (χ4v) is 6.23. The molecule has 0 fully saturated rings. The van der Waals surface area contributed by atoms with Crippen LogP contribution in [0.25, 0.3) is 0 Å². The molecule has 338 valence electrons. The number of para-hydroxylation sites is 2. The summed E-state index contributed by atoms with van der Waals surface area (Å²) >= 11 is 10.3. The van der Waals surface area contributed by atoms with Crippen molar-refractivity contribution in [3.05, 3.63) is 164 Å². The van der Waals surface area contributed by atoms with E-state index >= 15 is 0 Å². The molecule has 4 aromatic carbocycles. The highest BCUT2D eigenvalue weighted by Crippen LogP contribution is 2.32. The highest BCUT2D eigenvalue weighted by molar-refractivity contribution is 6.17. The molecule has 0 unspecified atom stereocenters. The minimum atomic E-state index is -4.72. The van der Waals surface area contributed by atoms with Gasteiger partial charge in [0.15, 0.2) is 11.4 Å². The molecule has 2 heterocycles. The number of carbonyl (C=O) groups is 2. The number of hydrogen-bond acceptors (Lipinski definition) is 6. The van der Waals surface area contributed by atoms with Crippen molar-refractivity contribution in [3.8, 4) is 0 Å². The Morgan fingerprint density at radius 1 is 0.635 bits per heavy atom. The van der Waals surface area contributed by atoms with Crippen molar-refractivity contribution in [2.75, 3.05) is 17.0 Å². The molecular formula is C45H48Cl2F6N6O4. The number of halogens is 8. The van der Waals surface area contributed by atoms with Gasteiger partial charge in [-0.25, -0.2) is 0 Å². The van der Waals surface area contributed by atoms with Gasteiger partial charge in [-0.2, -0.15) is 36.5 Å². The fourth-order valence-electron chi connectivity index (χ4n) is 5.93. The number of carbonyl (C=O) groups excluding carboxylic acids is 2. The largest absolute Gasteiger partial charge is 0.435 e. The average Bonchev–Trinajstić information content (AvgIpc) is 3.84. The first-order chi connectivity index (χ1) is 29.7. The summed E-state index contributed by atoms with van der Waals surface area (Å²) in [4.78, 5) is 24.5.